The summed E-state index contributed by atoms with van der Waals surface area (Å²) in [6.07, 6.45) is 1.62. The fraction of sp³-hybridized carbons (Fsp3) is 0.333. The Kier molecular flexibility index (Phi) is 2.77. The molecule has 0 rings (SSSR count). The summed E-state index contributed by atoms with van der Waals surface area (Å²) in [5, 5.41) is 2.90. The van der Waals surface area contributed by atoms with Crippen LogP contribution in [0.1, 0.15) is 6.92 Å². The van der Waals surface area contributed by atoms with Gasteiger partial charge in [-0.15, -0.1) is 0 Å². The van der Waals surface area contributed by atoms with Crippen molar-refractivity contribution in [3.63, 3.8) is 0 Å². The van der Waals surface area contributed by atoms with Gasteiger partial charge in [-0.2, -0.15) is 0 Å². The van der Waals surface area contributed by atoms with Crippen LogP contribution in [0, 0.1) is 0 Å². The summed E-state index contributed by atoms with van der Waals surface area (Å²) in [6, 6.07) is 0. The average Bonchev–Trinajstić information content (AvgIpc) is 1.84. The van der Waals surface area contributed by atoms with Crippen molar-refractivity contribution in [3.05, 3.63) is 24.0 Å². The minimum Gasteiger partial charge on any atom is -0.397 e. The van der Waals surface area contributed by atoms with Crippen molar-refractivity contribution in [3.8, 4) is 0 Å². The molecule has 0 fully saturated rings. The monoisotopic (exact) mass is 112 g/mol. The minimum absolute atomic E-state index is 0.701. The second kappa shape index (κ2) is 3.13. The summed E-state index contributed by atoms with van der Waals surface area (Å²) in [7, 11) is 1.83. The van der Waals surface area contributed by atoms with Gasteiger partial charge in [0.25, 0.3) is 0 Å². The molecule has 0 radical (unpaired) electrons. The predicted molar refractivity (Wildman–Crippen MR) is 36.1 cm³/mol. The van der Waals surface area contributed by atoms with Crippen LogP contribution in [0.2, 0.25) is 0 Å². The van der Waals surface area contributed by atoms with Crippen LogP contribution in [0.3, 0.4) is 0 Å². The molecule has 0 bridgehead atoms. The fourth-order valence-electron chi connectivity index (χ4n) is 0.297. The number of rotatable bonds is 2. The average molecular weight is 112 g/mol. The van der Waals surface area contributed by atoms with E-state index < -0.39 is 0 Å². The molecule has 0 spiro atoms. The molecule has 2 heteroatoms. The Morgan fingerprint density at radius 3 is 2.38 bits per heavy atom. The van der Waals surface area contributed by atoms with E-state index in [4.69, 9.17) is 5.73 Å². The molecule has 0 unspecified atom stereocenters. The third-order valence-corrected chi connectivity index (χ3v) is 1.03. The first kappa shape index (κ1) is 7.08. The molecule has 0 heterocycles. The molecule has 0 atom stereocenters. The van der Waals surface area contributed by atoms with Crippen molar-refractivity contribution in [2.75, 3.05) is 7.05 Å². The molecule has 0 aliphatic heterocycles. The van der Waals surface area contributed by atoms with Gasteiger partial charge in [0.05, 0.1) is 0 Å². The summed E-state index contributed by atoms with van der Waals surface area (Å²) < 4.78 is 0. The zero-order valence-corrected chi connectivity index (χ0v) is 5.36. The lowest BCUT2D eigenvalue weighted by molar-refractivity contribution is 0.963. The fourth-order valence-corrected chi connectivity index (χ4v) is 0.297. The van der Waals surface area contributed by atoms with Crippen LogP contribution in [0.4, 0.5) is 0 Å². The van der Waals surface area contributed by atoms with E-state index in [1.807, 2.05) is 14.0 Å². The molecule has 8 heavy (non-hydrogen) atoms. The van der Waals surface area contributed by atoms with Gasteiger partial charge >= 0.3 is 0 Å². The van der Waals surface area contributed by atoms with Crippen LogP contribution in [0.15, 0.2) is 24.0 Å². The van der Waals surface area contributed by atoms with Crippen molar-refractivity contribution in [2.24, 2.45) is 5.73 Å². The first-order chi connectivity index (χ1) is 3.72. The van der Waals surface area contributed by atoms with E-state index in [-0.39, 0.29) is 0 Å². The number of nitrogens with two attached hydrogens (primary N) is 1. The largest absolute Gasteiger partial charge is 0.397 e. The van der Waals surface area contributed by atoms with Crippen LogP contribution < -0.4 is 11.1 Å². The number of allylic oxidation sites excluding steroid dienone is 2. The van der Waals surface area contributed by atoms with E-state index in [2.05, 4.69) is 11.9 Å². The van der Waals surface area contributed by atoms with Crippen molar-refractivity contribution in [1.29, 1.82) is 0 Å². The summed E-state index contributed by atoms with van der Waals surface area (Å²) in [5.41, 5.74) is 7.09. The molecule has 0 aromatic carbocycles. The van der Waals surface area contributed by atoms with Crippen molar-refractivity contribution in [2.45, 2.75) is 6.92 Å². The predicted octanol–water partition coefficient (Wildman–Crippen LogP) is 0.582. The Morgan fingerprint density at radius 1 is 1.75 bits per heavy atom. The maximum Gasteiger partial charge on any atom is 0.0497 e. The molecule has 0 aromatic rings. The maximum absolute atomic E-state index is 5.43. The topological polar surface area (TPSA) is 38.0 Å². The van der Waals surface area contributed by atoms with Crippen LogP contribution in [-0.2, 0) is 0 Å². The molecule has 0 aliphatic carbocycles. The highest BCUT2D eigenvalue weighted by Gasteiger charge is 1.85. The highest BCUT2D eigenvalue weighted by molar-refractivity contribution is 5.17. The third kappa shape index (κ3) is 1.69. The Labute approximate surface area is 50.1 Å². The normalized spacial score (nSPS) is 12.2. The molecule has 46 valence electrons. The van der Waals surface area contributed by atoms with Crippen LogP contribution in [-0.4, -0.2) is 7.05 Å². The molecule has 0 amide bonds. The molecule has 0 aliphatic rings. The van der Waals surface area contributed by atoms with Gasteiger partial charge in [-0.25, -0.2) is 0 Å². The van der Waals surface area contributed by atoms with E-state index in [0.717, 1.165) is 5.70 Å². The van der Waals surface area contributed by atoms with Crippen molar-refractivity contribution >= 4 is 0 Å². The standard InChI is InChI=1S/C6H12N2/c1-4-6(7)5(2)8-3/h4,8H,1,7H2,2-3H3/b6-5+. The first-order valence-electron chi connectivity index (χ1n) is 2.49. The molecule has 2 nitrogen and oxygen atoms in total. The van der Waals surface area contributed by atoms with E-state index in [9.17, 15) is 0 Å². The SMILES string of the molecule is C=C/C(N)=C(/C)NC. The Hall–Kier alpha value is -0.920. The Balaban J connectivity index is 4.03. The van der Waals surface area contributed by atoms with Crippen molar-refractivity contribution in [1.82, 2.24) is 5.32 Å². The van der Waals surface area contributed by atoms with Crippen LogP contribution in [0.5, 0.6) is 0 Å². The van der Waals surface area contributed by atoms with Gasteiger partial charge in [-0.3, -0.25) is 0 Å². The lowest BCUT2D eigenvalue weighted by Gasteiger charge is -1.99. The van der Waals surface area contributed by atoms with Gasteiger partial charge in [-0.05, 0) is 13.0 Å². The van der Waals surface area contributed by atoms with Gasteiger partial charge in [0.2, 0.25) is 0 Å². The Bertz CT molecular complexity index is 114. The van der Waals surface area contributed by atoms with E-state index in [0.29, 0.717) is 5.70 Å². The van der Waals surface area contributed by atoms with Gasteiger partial charge < -0.3 is 11.1 Å². The maximum atomic E-state index is 5.43. The molecular weight excluding hydrogens is 100 g/mol. The first-order valence-corrected chi connectivity index (χ1v) is 2.49. The van der Waals surface area contributed by atoms with Gasteiger partial charge in [0, 0.05) is 18.4 Å². The van der Waals surface area contributed by atoms with Gasteiger partial charge in [0.1, 0.15) is 0 Å². The number of hydrogen-bond acceptors (Lipinski definition) is 2. The van der Waals surface area contributed by atoms with E-state index in [1.165, 1.54) is 0 Å². The second-order valence-corrected chi connectivity index (χ2v) is 1.53. The number of nitrogens with one attached hydrogen (secondary N) is 1. The third-order valence-electron chi connectivity index (χ3n) is 1.03. The van der Waals surface area contributed by atoms with Crippen LogP contribution in [0.25, 0.3) is 0 Å². The van der Waals surface area contributed by atoms with E-state index >= 15 is 0 Å². The van der Waals surface area contributed by atoms with Crippen LogP contribution >= 0.6 is 0 Å². The highest BCUT2D eigenvalue weighted by atomic mass is 14.8. The highest BCUT2D eigenvalue weighted by Crippen LogP contribution is 1.90. The second-order valence-electron chi connectivity index (χ2n) is 1.53. The summed E-state index contributed by atoms with van der Waals surface area (Å²) in [6.45, 7) is 5.41. The zero-order valence-electron chi connectivity index (χ0n) is 5.36. The molecule has 0 aromatic heterocycles. The molecule has 0 saturated carbocycles. The Morgan fingerprint density at radius 2 is 2.25 bits per heavy atom. The quantitative estimate of drug-likeness (QED) is 0.513. The smallest absolute Gasteiger partial charge is 0.0497 e. The van der Waals surface area contributed by atoms with Gasteiger partial charge in [-0.1, -0.05) is 6.58 Å². The molecular formula is C6H12N2. The summed E-state index contributed by atoms with van der Waals surface area (Å²) in [4.78, 5) is 0. The zero-order chi connectivity index (χ0) is 6.57. The number of hydrogen-bond donors (Lipinski definition) is 2. The van der Waals surface area contributed by atoms with Gasteiger partial charge in [0.15, 0.2) is 0 Å². The summed E-state index contributed by atoms with van der Waals surface area (Å²) >= 11 is 0. The van der Waals surface area contributed by atoms with Crippen molar-refractivity contribution < 1.29 is 0 Å². The minimum atomic E-state index is 0.701. The van der Waals surface area contributed by atoms with E-state index in [1.54, 1.807) is 6.08 Å². The summed E-state index contributed by atoms with van der Waals surface area (Å²) in [5.74, 6) is 0. The molecule has 0 saturated heterocycles. The lowest BCUT2D eigenvalue weighted by atomic mass is 10.3. The molecule has 3 N–H and O–H groups in total. The lowest BCUT2D eigenvalue weighted by Crippen LogP contribution is -2.09.